The van der Waals surface area contributed by atoms with Crippen LogP contribution in [0.15, 0.2) is 0 Å². The minimum absolute atomic E-state index is 0.221. The third-order valence-electron chi connectivity index (χ3n) is 5.79. The highest BCUT2D eigenvalue weighted by Crippen LogP contribution is 2.39. The molecule has 1 saturated carbocycles. The van der Waals surface area contributed by atoms with E-state index in [0.29, 0.717) is 11.3 Å². The molecule has 0 bridgehead atoms. The molecule has 2 rings (SSSR count). The van der Waals surface area contributed by atoms with Crippen LogP contribution in [0.25, 0.3) is 0 Å². The van der Waals surface area contributed by atoms with E-state index in [9.17, 15) is 8.42 Å². The molecule has 0 aromatic rings. The second-order valence-electron chi connectivity index (χ2n) is 7.18. The van der Waals surface area contributed by atoms with Gasteiger partial charge in [0.05, 0.1) is 5.75 Å². The monoisotopic (exact) mass is 316 g/mol. The SMILES string of the molecule is CCC1(CC)CN(CCCS(C)(=O)=O)C2(CCCC2)CN1. The molecule has 0 aromatic heterocycles. The maximum Gasteiger partial charge on any atom is 0.147 e. The standard InChI is InChI=1S/C16H32N2O2S/c1-4-15(5-2)14-18(11-8-12-21(3,19)20)16(13-17-15)9-6-7-10-16/h17H,4-14H2,1-3H3. The lowest BCUT2D eigenvalue weighted by Gasteiger charge is -2.53. The zero-order chi connectivity index (χ0) is 15.6. The number of nitrogens with one attached hydrogen (secondary N) is 1. The molecule has 1 aliphatic heterocycles. The second-order valence-corrected chi connectivity index (χ2v) is 9.44. The summed E-state index contributed by atoms with van der Waals surface area (Å²) in [7, 11) is -2.84. The maximum absolute atomic E-state index is 11.4. The van der Waals surface area contributed by atoms with Crippen molar-refractivity contribution >= 4 is 9.84 Å². The average Bonchev–Trinajstić information content (AvgIpc) is 2.90. The van der Waals surface area contributed by atoms with E-state index in [1.54, 1.807) is 0 Å². The van der Waals surface area contributed by atoms with Crippen LogP contribution < -0.4 is 5.32 Å². The highest BCUT2D eigenvalue weighted by molar-refractivity contribution is 7.90. The molecule has 1 spiro atoms. The molecule has 124 valence electrons. The predicted molar refractivity (Wildman–Crippen MR) is 88.4 cm³/mol. The van der Waals surface area contributed by atoms with E-state index in [0.717, 1.165) is 38.9 Å². The van der Waals surface area contributed by atoms with Crippen molar-refractivity contribution in [3.63, 3.8) is 0 Å². The minimum Gasteiger partial charge on any atom is -0.308 e. The summed E-state index contributed by atoms with van der Waals surface area (Å²) in [5.41, 5.74) is 0.518. The number of rotatable bonds is 6. The van der Waals surface area contributed by atoms with Gasteiger partial charge in [0.25, 0.3) is 0 Å². The van der Waals surface area contributed by atoms with Gasteiger partial charge in [-0.1, -0.05) is 26.7 Å². The van der Waals surface area contributed by atoms with Gasteiger partial charge < -0.3 is 5.32 Å². The van der Waals surface area contributed by atoms with Gasteiger partial charge in [0.1, 0.15) is 9.84 Å². The van der Waals surface area contributed by atoms with Crippen molar-refractivity contribution in [1.82, 2.24) is 10.2 Å². The summed E-state index contributed by atoms with van der Waals surface area (Å²) < 4.78 is 22.8. The number of hydrogen-bond donors (Lipinski definition) is 1. The van der Waals surface area contributed by atoms with Crippen molar-refractivity contribution in [2.45, 2.75) is 69.9 Å². The second kappa shape index (κ2) is 6.55. The molecule has 0 unspecified atom stereocenters. The number of sulfone groups is 1. The van der Waals surface area contributed by atoms with E-state index in [4.69, 9.17) is 0 Å². The fourth-order valence-electron chi connectivity index (χ4n) is 4.14. The third kappa shape index (κ3) is 3.99. The molecule has 0 amide bonds. The highest BCUT2D eigenvalue weighted by Gasteiger charge is 2.47. The van der Waals surface area contributed by atoms with Crippen LogP contribution in [0.3, 0.4) is 0 Å². The first-order valence-electron chi connectivity index (χ1n) is 8.53. The Balaban J connectivity index is 2.06. The van der Waals surface area contributed by atoms with Crippen LogP contribution in [-0.4, -0.2) is 56.0 Å². The highest BCUT2D eigenvalue weighted by atomic mass is 32.2. The lowest BCUT2D eigenvalue weighted by molar-refractivity contribution is 0.00456. The Morgan fingerprint density at radius 3 is 2.29 bits per heavy atom. The molecule has 0 atom stereocenters. The van der Waals surface area contributed by atoms with E-state index in [2.05, 4.69) is 24.1 Å². The fourth-order valence-corrected chi connectivity index (χ4v) is 4.79. The van der Waals surface area contributed by atoms with Gasteiger partial charge in [-0.05, 0) is 38.6 Å². The summed E-state index contributed by atoms with van der Waals surface area (Å²) in [6.45, 7) is 7.60. The lowest BCUT2D eigenvalue weighted by atomic mass is 9.82. The molecule has 2 fully saturated rings. The molecule has 4 nitrogen and oxygen atoms in total. The van der Waals surface area contributed by atoms with E-state index >= 15 is 0 Å². The summed E-state index contributed by atoms with van der Waals surface area (Å²) in [5, 5.41) is 3.84. The molecular formula is C16H32N2O2S. The summed E-state index contributed by atoms with van der Waals surface area (Å²) in [4.78, 5) is 2.63. The van der Waals surface area contributed by atoms with Crippen molar-refractivity contribution in [3.05, 3.63) is 0 Å². The maximum atomic E-state index is 11.4. The van der Waals surface area contributed by atoms with Gasteiger partial charge in [-0.2, -0.15) is 0 Å². The van der Waals surface area contributed by atoms with Gasteiger partial charge in [0, 0.05) is 30.4 Å². The van der Waals surface area contributed by atoms with Gasteiger partial charge in [-0.25, -0.2) is 8.42 Å². The Morgan fingerprint density at radius 1 is 1.14 bits per heavy atom. The third-order valence-corrected chi connectivity index (χ3v) is 6.82. The fraction of sp³-hybridized carbons (Fsp3) is 1.00. The Bertz CT molecular complexity index is 437. The molecule has 0 aromatic carbocycles. The topological polar surface area (TPSA) is 49.4 Å². The van der Waals surface area contributed by atoms with Gasteiger partial charge in [0.2, 0.25) is 0 Å². The average molecular weight is 317 g/mol. The first-order valence-corrected chi connectivity index (χ1v) is 10.6. The van der Waals surface area contributed by atoms with Gasteiger partial charge in [-0.3, -0.25) is 4.90 Å². The largest absolute Gasteiger partial charge is 0.308 e. The Labute approximate surface area is 130 Å². The molecule has 1 aliphatic carbocycles. The summed E-state index contributed by atoms with van der Waals surface area (Å²) in [6, 6.07) is 0. The van der Waals surface area contributed by atoms with Crippen molar-refractivity contribution in [1.29, 1.82) is 0 Å². The minimum atomic E-state index is -2.84. The number of nitrogens with zero attached hydrogens (tertiary/aromatic N) is 1. The van der Waals surface area contributed by atoms with E-state index in [-0.39, 0.29) is 5.54 Å². The Hall–Kier alpha value is -0.130. The zero-order valence-electron chi connectivity index (χ0n) is 14.0. The normalized spacial score (nSPS) is 25.5. The molecule has 21 heavy (non-hydrogen) atoms. The van der Waals surface area contributed by atoms with Crippen molar-refractivity contribution in [2.75, 3.05) is 31.6 Å². The molecule has 0 radical (unpaired) electrons. The zero-order valence-corrected chi connectivity index (χ0v) is 14.8. The smallest absolute Gasteiger partial charge is 0.147 e. The van der Waals surface area contributed by atoms with Gasteiger partial charge in [0.15, 0.2) is 0 Å². The molecule has 5 heteroatoms. The Kier molecular flexibility index (Phi) is 5.37. The van der Waals surface area contributed by atoms with Crippen LogP contribution in [0, 0.1) is 0 Å². The van der Waals surface area contributed by atoms with Crippen molar-refractivity contribution in [2.24, 2.45) is 0 Å². The molecule has 1 N–H and O–H groups in total. The Morgan fingerprint density at radius 2 is 1.76 bits per heavy atom. The number of piperazine rings is 1. The van der Waals surface area contributed by atoms with Gasteiger partial charge >= 0.3 is 0 Å². The van der Waals surface area contributed by atoms with E-state index in [1.165, 1.54) is 31.9 Å². The van der Waals surface area contributed by atoms with Crippen molar-refractivity contribution in [3.8, 4) is 0 Å². The van der Waals surface area contributed by atoms with Crippen molar-refractivity contribution < 1.29 is 8.42 Å². The van der Waals surface area contributed by atoms with E-state index in [1.807, 2.05) is 0 Å². The van der Waals surface area contributed by atoms with Crippen LogP contribution in [-0.2, 0) is 9.84 Å². The number of hydrogen-bond acceptors (Lipinski definition) is 4. The molecule has 1 heterocycles. The van der Waals surface area contributed by atoms with Gasteiger partial charge in [-0.15, -0.1) is 0 Å². The molecule has 2 aliphatic rings. The molecular weight excluding hydrogens is 284 g/mol. The van der Waals surface area contributed by atoms with Crippen LogP contribution in [0.1, 0.15) is 58.8 Å². The summed E-state index contributed by atoms with van der Waals surface area (Å²) in [5.74, 6) is 0.318. The first-order chi connectivity index (χ1) is 9.85. The summed E-state index contributed by atoms with van der Waals surface area (Å²) >= 11 is 0. The lowest BCUT2D eigenvalue weighted by Crippen LogP contribution is -2.69. The van der Waals surface area contributed by atoms with E-state index < -0.39 is 9.84 Å². The van der Waals surface area contributed by atoms with Crippen LogP contribution in [0.2, 0.25) is 0 Å². The predicted octanol–water partition coefficient (Wildman–Crippen LogP) is 2.20. The summed E-state index contributed by atoms with van der Waals surface area (Å²) in [6.07, 6.45) is 9.56. The quantitative estimate of drug-likeness (QED) is 0.816. The van der Waals surface area contributed by atoms with Crippen LogP contribution in [0.4, 0.5) is 0 Å². The first kappa shape index (κ1) is 17.2. The molecule has 1 saturated heterocycles. The van der Waals surface area contributed by atoms with Crippen LogP contribution >= 0.6 is 0 Å². The van der Waals surface area contributed by atoms with Crippen LogP contribution in [0.5, 0.6) is 0 Å².